The summed E-state index contributed by atoms with van der Waals surface area (Å²) in [6.45, 7) is 4.96. The predicted octanol–water partition coefficient (Wildman–Crippen LogP) is 3.92. The third-order valence-corrected chi connectivity index (χ3v) is 5.06. The molecule has 126 valence electrons. The molecule has 0 aliphatic rings. The molecule has 0 saturated carbocycles. The van der Waals surface area contributed by atoms with E-state index in [1.54, 1.807) is 22.7 Å². The molecule has 3 heterocycles. The third kappa shape index (κ3) is 4.01. The van der Waals surface area contributed by atoms with E-state index in [1.807, 2.05) is 48.9 Å². The number of thiophene rings is 2. The molecule has 2 N–H and O–H groups in total. The fourth-order valence-electron chi connectivity index (χ4n) is 2.06. The topological polar surface area (TPSA) is 71.8 Å². The lowest BCUT2D eigenvalue weighted by Gasteiger charge is -2.07. The molecule has 0 aliphatic heterocycles. The lowest BCUT2D eigenvalue weighted by molar-refractivity contribution is 0.0841. The summed E-state index contributed by atoms with van der Waals surface area (Å²) < 4.78 is 1.36. The van der Waals surface area contributed by atoms with Crippen molar-refractivity contribution in [3.8, 4) is 0 Å². The lowest BCUT2D eigenvalue weighted by atomic mass is 10.2. The van der Waals surface area contributed by atoms with Gasteiger partial charge in [-0.05, 0) is 22.9 Å². The Balaban J connectivity index is 1.74. The molecule has 0 saturated heterocycles. The Labute approximate surface area is 148 Å². The summed E-state index contributed by atoms with van der Waals surface area (Å²) in [5.74, 6) is 0.682. The number of carbonyl (C=O) groups excluding carboxylic acids is 1. The quantitative estimate of drug-likeness (QED) is 0.667. The Morgan fingerprint density at radius 1 is 1.12 bits per heavy atom. The average Bonchev–Trinajstić information content (AvgIpc) is 3.30. The predicted molar refractivity (Wildman–Crippen MR) is 98.8 cm³/mol. The molecule has 3 rings (SSSR count). The lowest BCUT2D eigenvalue weighted by Crippen LogP contribution is -2.21. The number of rotatable bonds is 7. The maximum atomic E-state index is 12.4. The monoisotopic (exact) mass is 361 g/mol. The number of hydrogen-bond acceptors (Lipinski definition) is 7. The summed E-state index contributed by atoms with van der Waals surface area (Å²) in [5, 5.41) is 14.8. The standard InChI is InChI=1S/C16H19N5OS2/c1-11(2)14(22)21-16(18-10-13-6-4-8-24-13)19-15(20-21)17-9-12-5-3-7-23-12/h3-8,11H,9-10H2,1-2H3,(H2,17,18,19,20). The van der Waals surface area contributed by atoms with Crippen molar-refractivity contribution in [2.75, 3.05) is 10.6 Å². The summed E-state index contributed by atoms with van der Waals surface area (Å²) in [6.07, 6.45) is 0. The molecule has 0 spiro atoms. The minimum absolute atomic E-state index is 0.0830. The normalized spacial score (nSPS) is 11.0. The molecule has 0 bridgehead atoms. The molecule has 0 fully saturated rings. The first kappa shape index (κ1) is 16.7. The van der Waals surface area contributed by atoms with Crippen molar-refractivity contribution >= 4 is 40.5 Å². The SMILES string of the molecule is CC(C)C(=O)n1nc(NCc2cccs2)nc1NCc1cccs1. The zero-order valence-electron chi connectivity index (χ0n) is 13.5. The molecule has 3 aromatic heterocycles. The van der Waals surface area contributed by atoms with Gasteiger partial charge in [0.1, 0.15) is 0 Å². The molecule has 3 aromatic rings. The smallest absolute Gasteiger partial charge is 0.252 e. The number of anilines is 2. The highest BCUT2D eigenvalue weighted by molar-refractivity contribution is 7.10. The van der Waals surface area contributed by atoms with Crippen LogP contribution in [0.25, 0.3) is 0 Å². The molecule has 6 nitrogen and oxygen atoms in total. The van der Waals surface area contributed by atoms with Gasteiger partial charge in [-0.25, -0.2) is 0 Å². The Kier molecular flexibility index (Phi) is 5.27. The number of hydrogen-bond donors (Lipinski definition) is 2. The van der Waals surface area contributed by atoms with Gasteiger partial charge in [0.05, 0.1) is 13.1 Å². The highest BCUT2D eigenvalue weighted by Crippen LogP contribution is 2.16. The Hall–Kier alpha value is -2.19. The molecule has 0 amide bonds. The van der Waals surface area contributed by atoms with E-state index in [2.05, 4.69) is 20.7 Å². The van der Waals surface area contributed by atoms with Crippen molar-refractivity contribution in [2.45, 2.75) is 26.9 Å². The van der Waals surface area contributed by atoms with Crippen molar-refractivity contribution in [2.24, 2.45) is 5.92 Å². The fraction of sp³-hybridized carbons (Fsp3) is 0.312. The second-order valence-corrected chi connectivity index (χ2v) is 7.59. The first-order valence-electron chi connectivity index (χ1n) is 7.67. The van der Waals surface area contributed by atoms with Gasteiger partial charge < -0.3 is 10.6 Å². The van der Waals surface area contributed by atoms with E-state index in [4.69, 9.17) is 0 Å². The Morgan fingerprint density at radius 2 is 1.75 bits per heavy atom. The van der Waals surface area contributed by atoms with Crippen LogP contribution >= 0.6 is 22.7 Å². The van der Waals surface area contributed by atoms with E-state index in [0.29, 0.717) is 25.0 Å². The van der Waals surface area contributed by atoms with Gasteiger partial charge in [0, 0.05) is 15.7 Å². The number of nitrogens with one attached hydrogen (secondary N) is 2. The molecule has 0 radical (unpaired) electrons. The van der Waals surface area contributed by atoms with Gasteiger partial charge in [-0.1, -0.05) is 26.0 Å². The number of aromatic nitrogens is 3. The zero-order chi connectivity index (χ0) is 16.9. The van der Waals surface area contributed by atoms with Gasteiger partial charge in [0.15, 0.2) is 0 Å². The molecular weight excluding hydrogens is 342 g/mol. The maximum Gasteiger partial charge on any atom is 0.252 e. The van der Waals surface area contributed by atoms with Gasteiger partial charge in [0.25, 0.3) is 5.91 Å². The highest BCUT2D eigenvalue weighted by Gasteiger charge is 2.18. The zero-order valence-corrected chi connectivity index (χ0v) is 15.2. The molecule has 8 heteroatoms. The van der Waals surface area contributed by atoms with Gasteiger partial charge in [0.2, 0.25) is 11.9 Å². The first-order chi connectivity index (χ1) is 11.6. The van der Waals surface area contributed by atoms with Crippen LogP contribution in [0.5, 0.6) is 0 Å². The van der Waals surface area contributed by atoms with E-state index in [0.717, 1.165) is 0 Å². The van der Waals surface area contributed by atoms with E-state index >= 15 is 0 Å². The number of nitrogens with zero attached hydrogens (tertiary/aromatic N) is 3. The molecule has 0 aliphatic carbocycles. The second-order valence-electron chi connectivity index (χ2n) is 5.53. The van der Waals surface area contributed by atoms with Gasteiger partial charge >= 0.3 is 0 Å². The number of carbonyl (C=O) groups is 1. The molecule has 0 atom stereocenters. The van der Waals surface area contributed by atoms with Crippen molar-refractivity contribution in [1.82, 2.24) is 14.8 Å². The molecule has 0 aromatic carbocycles. The summed E-state index contributed by atoms with van der Waals surface area (Å²) in [4.78, 5) is 19.2. The minimum Gasteiger partial charge on any atom is -0.349 e. The average molecular weight is 361 g/mol. The van der Waals surface area contributed by atoms with Crippen molar-refractivity contribution in [3.63, 3.8) is 0 Å². The Morgan fingerprint density at radius 3 is 2.29 bits per heavy atom. The van der Waals surface area contributed by atoms with Crippen LogP contribution < -0.4 is 10.6 Å². The van der Waals surface area contributed by atoms with Crippen LogP contribution in [0.1, 0.15) is 28.4 Å². The van der Waals surface area contributed by atoms with Gasteiger partial charge in [-0.2, -0.15) is 9.67 Å². The van der Waals surface area contributed by atoms with Crippen molar-refractivity contribution in [3.05, 3.63) is 44.8 Å². The minimum atomic E-state index is -0.154. The summed E-state index contributed by atoms with van der Waals surface area (Å²) in [6, 6.07) is 8.09. The van der Waals surface area contributed by atoms with Gasteiger partial charge in [-0.3, -0.25) is 4.79 Å². The van der Waals surface area contributed by atoms with Crippen LogP contribution in [-0.2, 0) is 13.1 Å². The van der Waals surface area contributed by atoms with Crippen molar-refractivity contribution in [1.29, 1.82) is 0 Å². The third-order valence-electron chi connectivity index (χ3n) is 3.31. The molecule has 0 unspecified atom stereocenters. The van der Waals surface area contributed by atoms with Crippen LogP contribution in [0.15, 0.2) is 35.0 Å². The Bertz CT molecular complexity index is 778. The maximum absolute atomic E-state index is 12.4. The highest BCUT2D eigenvalue weighted by atomic mass is 32.1. The fourth-order valence-corrected chi connectivity index (χ4v) is 3.35. The van der Waals surface area contributed by atoms with Crippen LogP contribution in [0.3, 0.4) is 0 Å². The summed E-state index contributed by atoms with van der Waals surface area (Å²) >= 11 is 3.33. The van der Waals surface area contributed by atoms with Crippen molar-refractivity contribution < 1.29 is 4.79 Å². The van der Waals surface area contributed by atoms with Gasteiger partial charge in [-0.15, -0.1) is 27.8 Å². The first-order valence-corrected chi connectivity index (χ1v) is 9.43. The van der Waals surface area contributed by atoms with Crippen LogP contribution in [0.2, 0.25) is 0 Å². The van der Waals surface area contributed by atoms with Crippen LogP contribution in [-0.4, -0.2) is 20.7 Å². The second kappa shape index (κ2) is 7.59. The van der Waals surface area contributed by atoms with E-state index < -0.39 is 0 Å². The van der Waals surface area contributed by atoms with Crippen LogP contribution in [0.4, 0.5) is 11.9 Å². The molecular formula is C16H19N5OS2. The molecule has 24 heavy (non-hydrogen) atoms. The van der Waals surface area contributed by atoms with E-state index in [9.17, 15) is 4.79 Å². The summed E-state index contributed by atoms with van der Waals surface area (Å²) in [7, 11) is 0. The van der Waals surface area contributed by atoms with E-state index in [-0.39, 0.29) is 11.8 Å². The van der Waals surface area contributed by atoms with Crippen LogP contribution in [0, 0.1) is 5.92 Å². The largest absolute Gasteiger partial charge is 0.349 e. The summed E-state index contributed by atoms with van der Waals surface area (Å²) in [5.41, 5.74) is 0. The van der Waals surface area contributed by atoms with E-state index in [1.165, 1.54) is 14.4 Å².